The molecular formula is C23H19ClN2O5S2. The molecule has 2 aliphatic heterocycles. The van der Waals surface area contributed by atoms with Crippen LogP contribution in [0.25, 0.3) is 0 Å². The van der Waals surface area contributed by atoms with Crippen molar-refractivity contribution in [1.29, 1.82) is 0 Å². The van der Waals surface area contributed by atoms with Crippen LogP contribution in [0, 0.1) is 0 Å². The van der Waals surface area contributed by atoms with Gasteiger partial charge in [0.15, 0.2) is 0 Å². The number of thioether (sulfide) groups is 2. The molecule has 0 aromatic heterocycles. The highest BCUT2D eigenvalue weighted by Gasteiger charge is 2.54. The van der Waals surface area contributed by atoms with Gasteiger partial charge in [-0.05, 0) is 23.3 Å². The predicted molar refractivity (Wildman–Crippen MR) is 128 cm³/mol. The minimum Gasteiger partial charge on any atom is -0.477 e. The third kappa shape index (κ3) is 5.10. The van der Waals surface area contributed by atoms with Crippen molar-refractivity contribution in [3.8, 4) is 0 Å². The van der Waals surface area contributed by atoms with Crippen LogP contribution >= 0.6 is 35.1 Å². The predicted octanol–water partition coefficient (Wildman–Crippen LogP) is 3.19. The fourth-order valence-electron chi connectivity index (χ4n) is 3.62. The quantitative estimate of drug-likeness (QED) is 0.560. The minimum absolute atomic E-state index is 0.0868. The van der Waals surface area contributed by atoms with Crippen LogP contribution in [0.5, 0.6) is 0 Å². The van der Waals surface area contributed by atoms with Crippen LogP contribution in [0.15, 0.2) is 65.9 Å². The standard InChI is InChI=1S/C23H19ClN2O5S2/c24-16-8-6-13(7-9-16)10-17(27)25-18-20(28)26-19(22(29)30)15(11-32-21(18)26)12-33-23(31)14-4-2-1-3-5-14/h1-9,18,21H,10-12H2,(H,25,27)(H,29,30). The molecule has 0 radical (unpaired) electrons. The van der Waals surface area contributed by atoms with E-state index in [9.17, 15) is 24.3 Å². The molecule has 7 nitrogen and oxygen atoms in total. The molecule has 10 heteroatoms. The molecule has 2 aliphatic rings. The van der Waals surface area contributed by atoms with Gasteiger partial charge in [-0.3, -0.25) is 19.3 Å². The average molecular weight is 503 g/mol. The van der Waals surface area contributed by atoms with Crippen LogP contribution in [0.2, 0.25) is 5.02 Å². The number of nitrogens with one attached hydrogen (secondary N) is 1. The summed E-state index contributed by atoms with van der Waals surface area (Å²) in [5, 5.41) is 12.4. The first kappa shape index (κ1) is 23.4. The molecule has 2 aromatic rings. The molecule has 2 heterocycles. The Morgan fingerprint density at radius 2 is 1.82 bits per heavy atom. The third-order valence-electron chi connectivity index (χ3n) is 5.23. The van der Waals surface area contributed by atoms with Gasteiger partial charge < -0.3 is 10.4 Å². The molecule has 2 amide bonds. The summed E-state index contributed by atoms with van der Waals surface area (Å²) >= 11 is 8.24. The maximum atomic E-state index is 12.8. The summed E-state index contributed by atoms with van der Waals surface area (Å²) in [4.78, 5) is 50.7. The minimum atomic E-state index is -1.22. The first-order valence-electron chi connectivity index (χ1n) is 10.0. The van der Waals surface area contributed by atoms with Crippen LogP contribution in [-0.4, -0.2) is 55.8 Å². The van der Waals surface area contributed by atoms with Gasteiger partial charge in [-0.25, -0.2) is 4.79 Å². The molecule has 0 spiro atoms. The smallest absolute Gasteiger partial charge is 0.352 e. The number of β-lactam (4-membered cyclic amide) rings is 1. The molecule has 2 aromatic carbocycles. The molecule has 170 valence electrons. The number of benzene rings is 2. The Kier molecular flexibility index (Phi) is 7.11. The maximum Gasteiger partial charge on any atom is 0.352 e. The van der Waals surface area contributed by atoms with Crippen LogP contribution in [0.3, 0.4) is 0 Å². The largest absolute Gasteiger partial charge is 0.477 e. The number of nitrogens with zero attached hydrogens (tertiary/aromatic N) is 1. The van der Waals surface area contributed by atoms with E-state index in [-0.39, 0.29) is 28.9 Å². The summed E-state index contributed by atoms with van der Waals surface area (Å²) in [6.45, 7) is 0. The summed E-state index contributed by atoms with van der Waals surface area (Å²) < 4.78 is 0. The average Bonchev–Trinajstić information content (AvgIpc) is 2.82. The molecule has 0 aliphatic carbocycles. The van der Waals surface area contributed by atoms with E-state index in [1.807, 2.05) is 6.07 Å². The van der Waals surface area contributed by atoms with Gasteiger partial charge in [0.25, 0.3) is 5.91 Å². The number of aliphatic carboxylic acids is 1. The topological polar surface area (TPSA) is 104 Å². The van der Waals surface area contributed by atoms with Gasteiger partial charge in [0.2, 0.25) is 11.0 Å². The van der Waals surface area contributed by atoms with Gasteiger partial charge in [0.05, 0.1) is 6.42 Å². The summed E-state index contributed by atoms with van der Waals surface area (Å²) in [6.07, 6.45) is 0.0868. The van der Waals surface area contributed by atoms with E-state index in [1.54, 1.807) is 48.5 Å². The van der Waals surface area contributed by atoms with E-state index in [1.165, 1.54) is 16.7 Å². The molecule has 33 heavy (non-hydrogen) atoms. The van der Waals surface area contributed by atoms with Gasteiger partial charge in [0.1, 0.15) is 17.1 Å². The van der Waals surface area contributed by atoms with Crippen molar-refractivity contribution in [2.24, 2.45) is 0 Å². The first-order chi connectivity index (χ1) is 15.8. The van der Waals surface area contributed by atoms with E-state index in [0.29, 0.717) is 21.9 Å². The summed E-state index contributed by atoms with van der Waals surface area (Å²) in [5.74, 6) is -1.49. The molecule has 0 bridgehead atoms. The Morgan fingerprint density at radius 3 is 2.48 bits per heavy atom. The van der Waals surface area contributed by atoms with E-state index >= 15 is 0 Å². The van der Waals surface area contributed by atoms with Gasteiger partial charge in [-0.1, -0.05) is 65.8 Å². The Morgan fingerprint density at radius 1 is 1.12 bits per heavy atom. The van der Waals surface area contributed by atoms with Crippen LogP contribution in [0.1, 0.15) is 15.9 Å². The second kappa shape index (κ2) is 10.0. The number of carbonyl (C=O) groups is 4. The Balaban J connectivity index is 1.41. The van der Waals surface area contributed by atoms with Crippen LogP contribution in [-0.2, 0) is 20.8 Å². The van der Waals surface area contributed by atoms with Crippen molar-refractivity contribution in [3.63, 3.8) is 0 Å². The lowest BCUT2D eigenvalue weighted by atomic mass is 10.0. The van der Waals surface area contributed by atoms with Gasteiger partial charge in [-0.2, -0.15) is 0 Å². The zero-order chi connectivity index (χ0) is 23.5. The molecule has 2 unspecified atom stereocenters. The number of hydrogen-bond acceptors (Lipinski definition) is 6. The number of carbonyl (C=O) groups excluding carboxylic acids is 3. The third-order valence-corrected chi connectivity index (χ3v) is 7.81. The van der Waals surface area contributed by atoms with Crippen LogP contribution < -0.4 is 5.32 Å². The van der Waals surface area contributed by atoms with Crippen LogP contribution in [0.4, 0.5) is 0 Å². The Labute approximate surface area is 203 Å². The Hall–Kier alpha value is -2.75. The molecule has 2 N–H and O–H groups in total. The normalized spacial score (nSPS) is 19.5. The number of hydrogen-bond donors (Lipinski definition) is 2. The van der Waals surface area contributed by atoms with E-state index in [2.05, 4.69) is 5.32 Å². The van der Waals surface area contributed by atoms with Crippen molar-refractivity contribution in [3.05, 3.63) is 82.0 Å². The number of fused-ring (bicyclic) bond motifs is 1. The lowest BCUT2D eigenvalue weighted by Crippen LogP contribution is -2.70. The molecule has 0 saturated carbocycles. The summed E-state index contributed by atoms with van der Waals surface area (Å²) in [7, 11) is 0. The van der Waals surface area contributed by atoms with Crippen molar-refractivity contribution < 1.29 is 24.3 Å². The lowest BCUT2D eigenvalue weighted by molar-refractivity contribution is -0.150. The first-order valence-corrected chi connectivity index (χ1v) is 12.4. The van der Waals surface area contributed by atoms with Gasteiger partial charge in [0, 0.05) is 22.1 Å². The summed E-state index contributed by atoms with van der Waals surface area (Å²) in [5.41, 5.74) is 1.70. The second-order valence-corrected chi connectivity index (χ2v) is 9.95. The van der Waals surface area contributed by atoms with Gasteiger partial charge in [-0.15, -0.1) is 11.8 Å². The van der Waals surface area contributed by atoms with Crippen molar-refractivity contribution in [1.82, 2.24) is 10.2 Å². The zero-order valence-corrected chi connectivity index (χ0v) is 19.6. The molecule has 1 fully saturated rings. The molecule has 2 atom stereocenters. The molecule has 4 rings (SSSR count). The fraction of sp³-hybridized carbons (Fsp3) is 0.217. The van der Waals surface area contributed by atoms with Crippen molar-refractivity contribution in [2.75, 3.05) is 11.5 Å². The van der Waals surface area contributed by atoms with Crippen molar-refractivity contribution in [2.45, 2.75) is 17.8 Å². The highest BCUT2D eigenvalue weighted by Crippen LogP contribution is 2.41. The number of carboxylic acid groups (broad SMARTS) is 1. The molecule has 1 saturated heterocycles. The SMILES string of the molecule is O=C(Cc1ccc(Cl)cc1)NC1C(=O)N2C(C(=O)O)=C(CSC(=O)c3ccccc3)CSC12. The Bertz CT molecular complexity index is 1140. The number of carboxylic acids is 1. The van der Waals surface area contributed by atoms with Crippen molar-refractivity contribution >= 4 is 58.0 Å². The molecular weight excluding hydrogens is 484 g/mol. The highest BCUT2D eigenvalue weighted by molar-refractivity contribution is 8.14. The zero-order valence-electron chi connectivity index (χ0n) is 17.2. The monoisotopic (exact) mass is 502 g/mol. The number of amides is 2. The number of rotatable bonds is 7. The van der Waals surface area contributed by atoms with E-state index in [0.717, 1.165) is 17.3 Å². The van der Waals surface area contributed by atoms with Gasteiger partial charge >= 0.3 is 5.97 Å². The second-order valence-electron chi connectivity index (χ2n) is 7.46. The van der Waals surface area contributed by atoms with E-state index in [4.69, 9.17) is 11.6 Å². The number of halogens is 1. The summed E-state index contributed by atoms with van der Waals surface area (Å²) in [6, 6.07) is 14.8. The maximum absolute atomic E-state index is 12.8. The lowest BCUT2D eigenvalue weighted by Gasteiger charge is -2.49. The van der Waals surface area contributed by atoms with E-state index < -0.39 is 23.3 Å². The fourth-order valence-corrected chi connectivity index (χ4v) is 6.06. The highest BCUT2D eigenvalue weighted by atomic mass is 35.5.